The lowest BCUT2D eigenvalue weighted by Crippen LogP contribution is -2.75. The Balaban J connectivity index is 2.47. The standard InChI is InChI=1S/C22H26Cl3NO11/c1-12(27)32-10-16-17(35-13(2)28)18(36-14(3)29)22(31,26-20(30)34-11-21(23,24)25)19(37-16)33-9-15-7-5-4-6-8-15/h4-8,16-19,31H,9-11H2,1-3H3,(H,26,30)/t16-,17-,18+,19-,22-/m1/s1. The van der Waals surface area contributed by atoms with Crippen LogP contribution in [0.25, 0.3) is 0 Å². The lowest BCUT2D eigenvalue weighted by atomic mass is 9.92. The predicted octanol–water partition coefficient (Wildman–Crippen LogP) is 2.14. The molecule has 1 heterocycles. The third kappa shape index (κ3) is 9.80. The number of alkyl carbamates (subject to hydrolysis) is 1. The maximum Gasteiger partial charge on any atom is 0.409 e. The molecule has 0 aliphatic carbocycles. The van der Waals surface area contributed by atoms with Crippen LogP contribution in [0.4, 0.5) is 4.79 Å². The third-order valence-corrected chi connectivity index (χ3v) is 5.04. The maximum absolute atomic E-state index is 12.5. The van der Waals surface area contributed by atoms with Crippen molar-refractivity contribution in [2.24, 2.45) is 0 Å². The van der Waals surface area contributed by atoms with Crippen molar-refractivity contribution in [3.05, 3.63) is 35.9 Å². The van der Waals surface area contributed by atoms with Crippen LogP contribution in [0.2, 0.25) is 0 Å². The first-order valence-corrected chi connectivity index (χ1v) is 11.9. The normalized spacial score (nSPS) is 25.5. The van der Waals surface area contributed by atoms with Gasteiger partial charge >= 0.3 is 24.0 Å². The number of rotatable bonds is 9. The van der Waals surface area contributed by atoms with Gasteiger partial charge in [0.05, 0.1) is 6.61 Å². The lowest BCUT2D eigenvalue weighted by Gasteiger charge is -2.49. The van der Waals surface area contributed by atoms with Crippen molar-refractivity contribution >= 4 is 58.8 Å². The number of carbonyl (C=O) groups is 4. The number of hydrogen-bond acceptors (Lipinski definition) is 11. The van der Waals surface area contributed by atoms with Gasteiger partial charge in [-0.2, -0.15) is 0 Å². The summed E-state index contributed by atoms with van der Waals surface area (Å²) in [6, 6.07) is 8.68. The zero-order chi connectivity index (χ0) is 27.8. The second-order valence-corrected chi connectivity index (χ2v) is 10.4. The van der Waals surface area contributed by atoms with Crippen LogP contribution in [0.3, 0.4) is 0 Å². The summed E-state index contributed by atoms with van der Waals surface area (Å²) in [4.78, 5) is 47.8. The highest BCUT2D eigenvalue weighted by atomic mass is 35.6. The Labute approximate surface area is 227 Å². The smallest absolute Gasteiger partial charge is 0.409 e. The van der Waals surface area contributed by atoms with Crippen LogP contribution in [0.5, 0.6) is 0 Å². The molecule has 12 nitrogen and oxygen atoms in total. The molecular formula is C22H26Cl3NO11. The van der Waals surface area contributed by atoms with Crippen molar-refractivity contribution < 1.29 is 52.7 Å². The topological polar surface area (TPSA) is 156 Å². The fourth-order valence-corrected chi connectivity index (χ4v) is 3.47. The molecule has 1 amide bonds. The Morgan fingerprint density at radius 1 is 1.00 bits per heavy atom. The van der Waals surface area contributed by atoms with Crippen LogP contribution in [-0.4, -0.2) is 76.4 Å². The zero-order valence-corrected chi connectivity index (χ0v) is 22.2. The van der Waals surface area contributed by atoms with Crippen molar-refractivity contribution in [2.45, 2.75) is 61.5 Å². The molecule has 1 aliphatic heterocycles. The van der Waals surface area contributed by atoms with Crippen molar-refractivity contribution in [2.75, 3.05) is 13.2 Å². The van der Waals surface area contributed by atoms with Gasteiger partial charge in [0.25, 0.3) is 0 Å². The number of nitrogens with one attached hydrogen (secondary N) is 1. The highest BCUT2D eigenvalue weighted by Crippen LogP contribution is 2.34. The summed E-state index contributed by atoms with van der Waals surface area (Å²) in [6.45, 7) is 1.86. The number of halogens is 3. The van der Waals surface area contributed by atoms with Gasteiger partial charge < -0.3 is 33.5 Å². The van der Waals surface area contributed by atoms with Gasteiger partial charge in [0.2, 0.25) is 15.8 Å². The maximum atomic E-state index is 12.5. The number of hydrogen-bond donors (Lipinski definition) is 2. The number of aliphatic hydroxyl groups is 1. The van der Waals surface area contributed by atoms with Crippen LogP contribution in [0, 0.1) is 0 Å². The molecule has 0 bridgehead atoms. The first kappa shape index (κ1) is 30.9. The Kier molecular flexibility index (Phi) is 11.2. The first-order chi connectivity index (χ1) is 17.2. The van der Waals surface area contributed by atoms with Gasteiger partial charge in [-0.15, -0.1) is 0 Å². The van der Waals surface area contributed by atoms with E-state index in [9.17, 15) is 24.3 Å². The summed E-state index contributed by atoms with van der Waals surface area (Å²) in [6.07, 6.45) is -7.79. The van der Waals surface area contributed by atoms with E-state index >= 15 is 0 Å². The molecule has 5 atom stereocenters. The zero-order valence-electron chi connectivity index (χ0n) is 20.0. The molecule has 1 aromatic carbocycles. The van der Waals surface area contributed by atoms with Gasteiger partial charge in [0.15, 0.2) is 12.2 Å². The van der Waals surface area contributed by atoms with Crippen LogP contribution in [-0.2, 0) is 49.4 Å². The minimum atomic E-state index is -2.71. The molecule has 15 heteroatoms. The van der Waals surface area contributed by atoms with Crippen LogP contribution < -0.4 is 5.32 Å². The van der Waals surface area contributed by atoms with Gasteiger partial charge in [-0.05, 0) is 5.56 Å². The van der Waals surface area contributed by atoms with Gasteiger partial charge in [-0.3, -0.25) is 19.7 Å². The van der Waals surface area contributed by atoms with E-state index in [1.54, 1.807) is 30.3 Å². The minimum absolute atomic E-state index is 0.149. The molecule has 0 saturated carbocycles. The van der Waals surface area contributed by atoms with E-state index in [0.717, 1.165) is 20.8 Å². The van der Waals surface area contributed by atoms with Crippen LogP contribution >= 0.6 is 34.8 Å². The van der Waals surface area contributed by atoms with Crippen LogP contribution in [0.15, 0.2) is 30.3 Å². The molecule has 2 N–H and O–H groups in total. The molecule has 1 saturated heterocycles. The molecule has 2 rings (SSSR count). The minimum Gasteiger partial charge on any atom is -0.463 e. The molecular weight excluding hydrogens is 561 g/mol. The largest absolute Gasteiger partial charge is 0.463 e. The Morgan fingerprint density at radius 3 is 2.16 bits per heavy atom. The average molecular weight is 587 g/mol. The molecule has 1 fully saturated rings. The summed E-state index contributed by atoms with van der Waals surface area (Å²) < 4.78 is 29.9. The fraction of sp³-hybridized carbons (Fsp3) is 0.545. The number of esters is 3. The fourth-order valence-electron chi connectivity index (χ4n) is 3.31. The van der Waals surface area contributed by atoms with Crippen molar-refractivity contribution in [3.8, 4) is 0 Å². The molecule has 0 aromatic heterocycles. The molecule has 0 radical (unpaired) electrons. The number of carbonyl (C=O) groups excluding carboxylic acids is 4. The SMILES string of the molecule is CC(=O)OC[C@H]1O[C@@H](OCc2ccccc2)[C@@](O)(NC(=O)OCC(Cl)(Cl)Cl)[C@@H](OC(C)=O)[C@@H]1OC(C)=O. The van der Waals surface area contributed by atoms with Gasteiger partial charge in [-0.1, -0.05) is 65.1 Å². The van der Waals surface area contributed by atoms with Crippen LogP contribution in [0.1, 0.15) is 26.3 Å². The van der Waals surface area contributed by atoms with E-state index in [4.69, 9.17) is 63.2 Å². The molecule has 1 aromatic rings. The van der Waals surface area contributed by atoms with E-state index in [1.165, 1.54) is 0 Å². The Bertz CT molecular complexity index is 959. The summed E-state index contributed by atoms with van der Waals surface area (Å²) in [5, 5.41) is 13.7. The average Bonchev–Trinajstić information content (AvgIpc) is 2.78. The predicted molar refractivity (Wildman–Crippen MR) is 127 cm³/mol. The lowest BCUT2D eigenvalue weighted by molar-refractivity contribution is -0.351. The second-order valence-electron chi connectivity index (χ2n) is 7.85. The second kappa shape index (κ2) is 13.4. The third-order valence-electron chi connectivity index (χ3n) is 4.72. The van der Waals surface area contributed by atoms with E-state index < -0.39 is 71.3 Å². The van der Waals surface area contributed by atoms with Gasteiger partial charge in [0.1, 0.15) is 19.3 Å². The molecule has 0 unspecified atom stereocenters. The number of alkyl halides is 3. The molecule has 1 aliphatic rings. The highest BCUT2D eigenvalue weighted by molar-refractivity contribution is 6.67. The number of benzene rings is 1. The van der Waals surface area contributed by atoms with Gasteiger partial charge in [-0.25, -0.2) is 4.79 Å². The van der Waals surface area contributed by atoms with E-state index in [-0.39, 0.29) is 6.61 Å². The van der Waals surface area contributed by atoms with Crippen molar-refractivity contribution in [3.63, 3.8) is 0 Å². The monoisotopic (exact) mass is 585 g/mol. The van der Waals surface area contributed by atoms with Crippen molar-refractivity contribution in [1.29, 1.82) is 0 Å². The van der Waals surface area contributed by atoms with E-state index in [2.05, 4.69) is 5.32 Å². The van der Waals surface area contributed by atoms with Crippen molar-refractivity contribution in [1.82, 2.24) is 5.32 Å². The first-order valence-electron chi connectivity index (χ1n) is 10.7. The molecule has 206 valence electrons. The summed E-state index contributed by atoms with van der Waals surface area (Å²) in [5.74, 6) is -2.47. The Hall–Kier alpha value is -2.35. The summed E-state index contributed by atoms with van der Waals surface area (Å²) in [7, 11) is 0. The van der Waals surface area contributed by atoms with E-state index in [0.29, 0.717) is 5.56 Å². The molecule has 37 heavy (non-hydrogen) atoms. The number of amides is 1. The summed E-state index contributed by atoms with van der Waals surface area (Å²) >= 11 is 16.8. The van der Waals surface area contributed by atoms with E-state index in [1.807, 2.05) is 0 Å². The Morgan fingerprint density at radius 2 is 1.62 bits per heavy atom. The summed E-state index contributed by atoms with van der Waals surface area (Å²) in [5.41, 5.74) is -2.06. The number of ether oxygens (including phenoxy) is 6. The molecule has 0 spiro atoms. The quantitative estimate of drug-likeness (QED) is 0.189. The highest BCUT2D eigenvalue weighted by Gasteiger charge is 2.61. The van der Waals surface area contributed by atoms with Gasteiger partial charge in [0, 0.05) is 20.8 Å².